The molecular weight excluding hydrogens is 440 g/mol. The third-order valence-corrected chi connectivity index (χ3v) is 6.09. The van der Waals surface area contributed by atoms with Crippen LogP contribution in [0.4, 0.5) is 0 Å². The zero-order valence-corrected chi connectivity index (χ0v) is 19.1. The third kappa shape index (κ3) is 6.59. The second-order valence-corrected chi connectivity index (χ2v) is 8.73. The molecule has 1 N–H and O–H groups in total. The van der Waals surface area contributed by atoms with Gasteiger partial charge in [0.1, 0.15) is 25.5 Å². The Kier molecular flexibility index (Phi) is 8.85. The number of rotatable bonds is 11. The maximum absolute atomic E-state index is 12.2. The monoisotopic (exact) mass is 466 g/mol. The van der Waals surface area contributed by atoms with Crippen LogP contribution in [-0.2, 0) is 19.6 Å². The molecule has 0 aliphatic rings. The summed E-state index contributed by atoms with van der Waals surface area (Å²) in [5.41, 5.74) is 0.304. The Bertz CT molecular complexity index is 1040. The number of carbonyl (C=O) groups excluding carboxylic acids is 2. The van der Waals surface area contributed by atoms with Crippen LogP contribution in [0, 0.1) is 0 Å². The molecule has 0 aliphatic heterocycles. The summed E-state index contributed by atoms with van der Waals surface area (Å²) in [5, 5.41) is 2.46. The molecule has 0 aromatic heterocycles. The van der Waals surface area contributed by atoms with Crippen LogP contribution >= 0.6 is 0 Å². The standard InChI is InChI=1S/C21H26N2O8S/c1-23(2)32(26,27)17-8-6-16(7-9-17)30-11-12-31-20(24)14-22-21(25)15-5-10-18(28-3)19(13-15)29-4/h5-10,13H,11-12,14H2,1-4H3,(H,22,25). The largest absolute Gasteiger partial charge is 0.493 e. The molecule has 0 heterocycles. The van der Waals surface area contributed by atoms with Gasteiger partial charge in [0, 0.05) is 19.7 Å². The van der Waals surface area contributed by atoms with Crippen molar-refractivity contribution in [2.24, 2.45) is 0 Å². The topological polar surface area (TPSA) is 120 Å². The lowest BCUT2D eigenvalue weighted by molar-refractivity contribution is -0.143. The molecule has 0 atom stereocenters. The maximum Gasteiger partial charge on any atom is 0.325 e. The van der Waals surface area contributed by atoms with Gasteiger partial charge < -0.3 is 24.3 Å². The van der Waals surface area contributed by atoms with E-state index in [0.717, 1.165) is 4.31 Å². The smallest absolute Gasteiger partial charge is 0.325 e. The highest BCUT2D eigenvalue weighted by Gasteiger charge is 2.17. The lowest BCUT2D eigenvalue weighted by atomic mass is 10.2. The van der Waals surface area contributed by atoms with E-state index in [4.69, 9.17) is 18.9 Å². The van der Waals surface area contributed by atoms with E-state index in [1.165, 1.54) is 58.6 Å². The quantitative estimate of drug-likeness (QED) is 0.389. The highest BCUT2D eigenvalue weighted by atomic mass is 32.2. The summed E-state index contributed by atoms with van der Waals surface area (Å²) in [4.78, 5) is 24.2. The van der Waals surface area contributed by atoms with Crippen LogP contribution in [-0.4, -0.2) is 72.7 Å². The van der Waals surface area contributed by atoms with Crippen molar-refractivity contribution in [2.45, 2.75) is 4.90 Å². The molecule has 0 saturated heterocycles. The number of hydrogen-bond acceptors (Lipinski definition) is 8. The van der Waals surface area contributed by atoms with Crippen molar-refractivity contribution in [1.29, 1.82) is 0 Å². The number of carbonyl (C=O) groups is 2. The normalized spacial score (nSPS) is 11.0. The van der Waals surface area contributed by atoms with Crippen molar-refractivity contribution < 1.29 is 37.0 Å². The van der Waals surface area contributed by atoms with E-state index in [0.29, 0.717) is 22.8 Å². The molecule has 2 rings (SSSR count). The van der Waals surface area contributed by atoms with Gasteiger partial charge in [0.05, 0.1) is 19.1 Å². The van der Waals surface area contributed by atoms with E-state index >= 15 is 0 Å². The van der Waals surface area contributed by atoms with Crippen LogP contribution in [0.2, 0.25) is 0 Å². The minimum absolute atomic E-state index is 0.0389. The van der Waals surface area contributed by atoms with Crippen LogP contribution in [0.25, 0.3) is 0 Å². The Morgan fingerprint density at radius 2 is 1.59 bits per heavy atom. The summed E-state index contributed by atoms with van der Waals surface area (Å²) in [5.74, 6) is 0.215. The highest BCUT2D eigenvalue weighted by molar-refractivity contribution is 7.89. The van der Waals surface area contributed by atoms with E-state index < -0.39 is 21.9 Å². The van der Waals surface area contributed by atoms with Gasteiger partial charge in [-0.05, 0) is 42.5 Å². The Balaban J connectivity index is 1.74. The number of methoxy groups -OCH3 is 2. The predicted molar refractivity (Wildman–Crippen MR) is 116 cm³/mol. The molecule has 0 fully saturated rings. The van der Waals surface area contributed by atoms with Crippen molar-refractivity contribution in [3.8, 4) is 17.2 Å². The zero-order valence-electron chi connectivity index (χ0n) is 18.3. The molecule has 0 saturated carbocycles. The molecule has 10 nitrogen and oxygen atoms in total. The fourth-order valence-corrected chi connectivity index (χ4v) is 3.42. The van der Waals surface area contributed by atoms with Gasteiger partial charge in [0.25, 0.3) is 5.91 Å². The molecule has 1 amide bonds. The highest BCUT2D eigenvalue weighted by Crippen LogP contribution is 2.27. The first-order chi connectivity index (χ1) is 15.2. The molecule has 0 bridgehead atoms. The molecule has 0 unspecified atom stereocenters. The average Bonchev–Trinajstić information content (AvgIpc) is 2.79. The van der Waals surface area contributed by atoms with E-state index in [9.17, 15) is 18.0 Å². The minimum atomic E-state index is -3.51. The van der Waals surface area contributed by atoms with Crippen LogP contribution in [0.3, 0.4) is 0 Å². The van der Waals surface area contributed by atoms with Gasteiger partial charge in [-0.1, -0.05) is 0 Å². The zero-order chi connectivity index (χ0) is 23.7. The number of benzene rings is 2. The number of ether oxygens (including phenoxy) is 4. The van der Waals surface area contributed by atoms with Crippen molar-refractivity contribution in [1.82, 2.24) is 9.62 Å². The van der Waals surface area contributed by atoms with E-state index in [1.54, 1.807) is 12.1 Å². The molecule has 174 valence electrons. The van der Waals surface area contributed by atoms with Crippen LogP contribution < -0.4 is 19.5 Å². The predicted octanol–water partition coefficient (Wildman–Crippen LogP) is 1.31. The van der Waals surface area contributed by atoms with E-state index in [1.807, 2.05) is 0 Å². The Hall–Kier alpha value is -3.31. The molecule has 2 aromatic rings. The fraction of sp³-hybridized carbons (Fsp3) is 0.333. The second-order valence-electron chi connectivity index (χ2n) is 6.58. The summed E-state index contributed by atoms with van der Waals surface area (Å²) in [6.07, 6.45) is 0. The SMILES string of the molecule is COc1ccc(C(=O)NCC(=O)OCCOc2ccc(S(=O)(=O)N(C)C)cc2)cc1OC. The molecule has 32 heavy (non-hydrogen) atoms. The van der Waals surface area contributed by atoms with Crippen LogP contribution in [0.5, 0.6) is 17.2 Å². The van der Waals surface area contributed by atoms with Gasteiger partial charge in [-0.25, -0.2) is 12.7 Å². The van der Waals surface area contributed by atoms with Crippen molar-refractivity contribution in [2.75, 3.05) is 48.1 Å². The first kappa shape index (κ1) is 25.0. The Morgan fingerprint density at radius 3 is 2.19 bits per heavy atom. The van der Waals surface area contributed by atoms with Gasteiger partial charge in [-0.15, -0.1) is 0 Å². The van der Waals surface area contributed by atoms with Crippen LogP contribution in [0.15, 0.2) is 47.4 Å². The van der Waals surface area contributed by atoms with Gasteiger partial charge in [0.2, 0.25) is 10.0 Å². The van der Waals surface area contributed by atoms with Gasteiger partial charge in [-0.2, -0.15) is 0 Å². The summed E-state index contributed by atoms with van der Waals surface area (Å²) >= 11 is 0. The fourth-order valence-electron chi connectivity index (χ4n) is 2.52. The average molecular weight is 467 g/mol. The maximum atomic E-state index is 12.2. The number of sulfonamides is 1. The minimum Gasteiger partial charge on any atom is -0.493 e. The summed E-state index contributed by atoms with van der Waals surface area (Å²) in [6, 6.07) is 10.5. The Labute approximate surface area is 187 Å². The number of nitrogens with one attached hydrogen (secondary N) is 1. The second kappa shape index (κ2) is 11.3. The van der Waals surface area contributed by atoms with E-state index in [-0.39, 0.29) is 24.7 Å². The Morgan fingerprint density at radius 1 is 0.938 bits per heavy atom. The number of hydrogen-bond donors (Lipinski definition) is 1. The van der Waals surface area contributed by atoms with Crippen molar-refractivity contribution in [3.63, 3.8) is 0 Å². The van der Waals surface area contributed by atoms with Gasteiger partial charge in [0.15, 0.2) is 11.5 Å². The first-order valence-corrected chi connectivity index (χ1v) is 10.9. The number of amides is 1. The molecule has 0 spiro atoms. The van der Waals surface area contributed by atoms with Crippen molar-refractivity contribution >= 4 is 21.9 Å². The molecular formula is C21H26N2O8S. The number of nitrogens with zero attached hydrogens (tertiary/aromatic N) is 1. The van der Waals surface area contributed by atoms with Crippen molar-refractivity contribution in [3.05, 3.63) is 48.0 Å². The molecule has 0 aliphatic carbocycles. The summed E-state index contributed by atoms with van der Waals surface area (Å²) < 4.78 is 45.9. The van der Waals surface area contributed by atoms with Gasteiger partial charge in [-0.3, -0.25) is 9.59 Å². The van der Waals surface area contributed by atoms with Crippen LogP contribution in [0.1, 0.15) is 10.4 Å². The lowest BCUT2D eigenvalue weighted by Gasteiger charge is -2.12. The summed E-state index contributed by atoms with van der Waals surface area (Å²) in [7, 11) is 2.33. The van der Waals surface area contributed by atoms with Gasteiger partial charge >= 0.3 is 5.97 Å². The first-order valence-electron chi connectivity index (χ1n) is 9.50. The third-order valence-electron chi connectivity index (χ3n) is 4.26. The van der Waals surface area contributed by atoms with E-state index in [2.05, 4.69) is 5.32 Å². The summed E-state index contributed by atoms with van der Waals surface area (Å²) in [6.45, 7) is -0.289. The molecule has 2 aromatic carbocycles. The molecule has 11 heteroatoms. The number of esters is 1. The lowest BCUT2D eigenvalue weighted by Crippen LogP contribution is -2.31. The molecule has 0 radical (unpaired) electrons.